The molecule has 4 rings (SSSR count). The Bertz CT molecular complexity index is 1130. The third-order valence-corrected chi connectivity index (χ3v) is 5.36. The molecule has 32 heavy (non-hydrogen) atoms. The molecule has 0 spiro atoms. The molecule has 0 bridgehead atoms. The number of rotatable bonds is 6. The van der Waals surface area contributed by atoms with E-state index in [0.717, 1.165) is 11.1 Å². The molecule has 0 aliphatic carbocycles. The van der Waals surface area contributed by atoms with Gasteiger partial charge in [0.25, 0.3) is 0 Å². The van der Waals surface area contributed by atoms with Gasteiger partial charge in [-0.25, -0.2) is 9.59 Å². The minimum absolute atomic E-state index is 0.0664. The smallest absolute Gasteiger partial charge is 0.338 e. The lowest BCUT2D eigenvalue weighted by atomic mass is 9.94. The first-order valence-electron chi connectivity index (χ1n) is 9.98. The fourth-order valence-corrected chi connectivity index (χ4v) is 3.81. The molecular formula is C23H23N3O6. The molecule has 9 heteroatoms. The van der Waals surface area contributed by atoms with E-state index >= 15 is 0 Å². The van der Waals surface area contributed by atoms with Crippen LogP contribution in [-0.2, 0) is 14.3 Å². The minimum atomic E-state index is -0.631. The van der Waals surface area contributed by atoms with E-state index in [1.54, 1.807) is 18.2 Å². The van der Waals surface area contributed by atoms with E-state index in [1.807, 2.05) is 31.2 Å². The third-order valence-electron chi connectivity index (χ3n) is 5.36. The van der Waals surface area contributed by atoms with E-state index in [9.17, 15) is 14.4 Å². The molecule has 2 aromatic carbocycles. The number of urea groups is 1. The number of cyclic esters (lactones) is 1. The van der Waals surface area contributed by atoms with Gasteiger partial charge in [0, 0.05) is 6.07 Å². The molecule has 2 aliphatic rings. The third kappa shape index (κ3) is 3.96. The molecule has 0 saturated carbocycles. The number of esters is 1. The number of hydrogen-bond acceptors (Lipinski definition) is 6. The van der Waals surface area contributed by atoms with E-state index in [-0.39, 0.29) is 13.2 Å². The molecule has 2 heterocycles. The molecule has 2 aliphatic heterocycles. The van der Waals surface area contributed by atoms with Crippen LogP contribution < -0.4 is 20.1 Å². The highest BCUT2D eigenvalue weighted by Crippen LogP contribution is 2.35. The summed E-state index contributed by atoms with van der Waals surface area (Å²) in [5.41, 5.74) is 2.94. The van der Waals surface area contributed by atoms with Crippen molar-refractivity contribution in [3.05, 3.63) is 64.9 Å². The molecule has 9 nitrogen and oxygen atoms in total. The van der Waals surface area contributed by atoms with Crippen molar-refractivity contribution in [1.82, 2.24) is 10.2 Å². The molecule has 1 atom stereocenters. The van der Waals surface area contributed by atoms with Crippen LogP contribution >= 0.6 is 0 Å². The van der Waals surface area contributed by atoms with E-state index < -0.39 is 23.9 Å². The second-order valence-corrected chi connectivity index (χ2v) is 7.43. The molecule has 0 saturated heterocycles. The second-order valence-electron chi connectivity index (χ2n) is 7.43. The van der Waals surface area contributed by atoms with Crippen LogP contribution in [0.4, 0.5) is 10.5 Å². The summed E-state index contributed by atoms with van der Waals surface area (Å²) in [6, 6.07) is 11.4. The Labute approximate surface area is 184 Å². The largest absolute Gasteiger partial charge is 0.497 e. The quantitative estimate of drug-likeness (QED) is 0.673. The van der Waals surface area contributed by atoms with E-state index in [1.165, 1.54) is 19.1 Å². The SMILES string of the molecule is COc1ccc(NC(=O)CN2C(=O)NC(c3cccc(C)c3)C3=C2COC3=O)c(OC)c1. The summed E-state index contributed by atoms with van der Waals surface area (Å²) in [5, 5.41) is 5.56. The molecule has 3 amide bonds. The Kier molecular flexibility index (Phi) is 5.72. The topological polar surface area (TPSA) is 106 Å². The number of benzene rings is 2. The van der Waals surface area contributed by atoms with Gasteiger partial charge in [0.1, 0.15) is 24.7 Å². The lowest BCUT2D eigenvalue weighted by Gasteiger charge is -2.32. The second kappa shape index (κ2) is 8.62. The van der Waals surface area contributed by atoms with Gasteiger partial charge in [-0.05, 0) is 24.6 Å². The maximum Gasteiger partial charge on any atom is 0.338 e. The minimum Gasteiger partial charge on any atom is -0.497 e. The van der Waals surface area contributed by atoms with Crippen LogP contribution in [0.15, 0.2) is 53.7 Å². The number of nitrogens with one attached hydrogen (secondary N) is 2. The van der Waals surface area contributed by atoms with Crippen LogP contribution in [0.3, 0.4) is 0 Å². The predicted octanol–water partition coefficient (Wildman–Crippen LogP) is 2.53. The number of amides is 3. The zero-order chi connectivity index (χ0) is 22.8. The Morgan fingerprint density at radius 3 is 2.72 bits per heavy atom. The fraction of sp³-hybridized carbons (Fsp3) is 0.261. The van der Waals surface area contributed by atoms with Gasteiger partial charge in [-0.1, -0.05) is 29.8 Å². The number of hydrogen-bond donors (Lipinski definition) is 2. The summed E-state index contributed by atoms with van der Waals surface area (Å²) in [4.78, 5) is 39.3. The summed E-state index contributed by atoms with van der Waals surface area (Å²) >= 11 is 0. The predicted molar refractivity (Wildman–Crippen MR) is 115 cm³/mol. The Hall–Kier alpha value is -4.01. The maximum absolute atomic E-state index is 12.9. The van der Waals surface area contributed by atoms with Crippen LogP contribution in [0, 0.1) is 6.92 Å². The number of ether oxygens (including phenoxy) is 3. The number of carbonyl (C=O) groups excluding carboxylic acids is 3. The summed E-state index contributed by atoms with van der Waals surface area (Å²) in [6.45, 7) is 1.57. The fourth-order valence-electron chi connectivity index (χ4n) is 3.81. The average molecular weight is 437 g/mol. The van der Waals surface area contributed by atoms with Crippen LogP contribution in [0.2, 0.25) is 0 Å². The van der Waals surface area contributed by atoms with Crippen molar-refractivity contribution in [1.29, 1.82) is 0 Å². The highest BCUT2D eigenvalue weighted by molar-refractivity contribution is 6.00. The van der Waals surface area contributed by atoms with Crippen molar-refractivity contribution in [2.75, 3.05) is 32.7 Å². The zero-order valence-corrected chi connectivity index (χ0v) is 17.9. The van der Waals surface area contributed by atoms with Gasteiger partial charge in [-0.3, -0.25) is 9.69 Å². The average Bonchev–Trinajstić information content (AvgIpc) is 3.17. The molecule has 2 N–H and O–H groups in total. The summed E-state index contributed by atoms with van der Waals surface area (Å²) in [7, 11) is 3.01. The maximum atomic E-state index is 12.9. The zero-order valence-electron chi connectivity index (χ0n) is 17.9. The van der Waals surface area contributed by atoms with Gasteiger partial charge in [0.05, 0.1) is 37.2 Å². The van der Waals surface area contributed by atoms with Gasteiger partial charge >= 0.3 is 12.0 Å². The van der Waals surface area contributed by atoms with E-state index in [0.29, 0.717) is 28.5 Å². The molecule has 0 fully saturated rings. The van der Waals surface area contributed by atoms with Gasteiger partial charge in [0.2, 0.25) is 5.91 Å². The Balaban J connectivity index is 1.58. The number of aryl methyl sites for hydroxylation is 1. The van der Waals surface area contributed by atoms with Crippen LogP contribution in [0.25, 0.3) is 0 Å². The monoisotopic (exact) mass is 437 g/mol. The highest BCUT2D eigenvalue weighted by Gasteiger charge is 2.42. The first-order chi connectivity index (χ1) is 15.4. The first kappa shape index (κ1) is 21.2. The van der Waals surface area contributed by atoms with Crippen molar-refractivity contribution in [2.24, 2.45) is 0 Å². The standard InChI is InChI=1S/C23H23N3O6/c1-13-5-4-6-14(9-13)21-20-17(12-32-22(20)28)26(23(29)25-21)11-19(27)24-16-8-7-15(30-2)10-18(16)31-3/h4-10,21H,11-12H2,1-3H3,(H,24,27)(H,25,29). The number of nitrogens with zero attached hydrogens (tertiary/aromatic N) is 1. The van der Waals surface area contributed by atoms with Crippen molar-refractivity contribution in [2.45, 2.75) is 13.0 Å². The molecule has 1 unspecified atom stereocenters. The van der Waals surface area contributed by atoms with E-state index in [2.05, 4.69) is 10.6 Å². The Morgan fingerprint density at radius 1 is 1.19 bits per heavy atom. The number of methoxy groups -OCH3 is 2. The van der Waals surface area contributed by atoms with E-state index in [4.69, 9.17) is 14.2 Å². The molecule has 0 radical (unpaired) electrons. The molecular weight excluding hydrogens is 414 g/mol. The van der Waals surface area contributed by atoms with Gasteiger partial charge in [-0.2, -0.15) is 0 Å². The lowest BCUT2D eigenvalue weighted by Crippen LogP contribution is -2.49. The Morgan fingerprint density at radius 2 is 2.00 bits per heavy atom. The van der Waals surface area contributed by atoms with Gasteiger partial charge in [0.15, 0.2) is 0 Å². The van der Waals surface area contributed by atoms with Crippen LogP contribution in [0.5, 0.6) is 11.5 Å². The summed E-state index contributed by atoms with van der Waals surface area (Å²) in [5.74, 6) is 0.0333. The highest BCUT2D eigenvalue weighted by atomic mass is 16.5. The summed E-state index contributed by atoms with van der Waals surface area (Å²) in [6.07, 6.45) is 0. The van der Waals surface area contributed by atoms with Crippen molar-refractivity contribution >= 4 is 23.6 Å². The number of anilines is 1. The normalized spacial score (nSPS) is 17.5. The van der Waals surface area contributed by atoms with Crippen LogP contribution in [0.1, 0.15) is 17.2 Å². The van der Waals surface area contributed by atoms with Gasteiger partial charge < -0.3 is 24.8 Å². The van der Waals surface area contributed by atoms with Crippen molar-refractivity contribution < 1.29 is 28.6 Å². The first-order valence-corrected chi connectivity index (χ1v) is 9.98. The van der Waals surface area contributed by atoms with Crippen LogP contribution in [-0.4, -0.2) is 50.2 Å². The van der Waals surface area contributed by atoms with Crippen molar-refractivity contribution in [3.8, 4) is 11.5 Å². The molecule has 2 aromatic rings. The lowest BCUT2D eigenvalue weighted by molar-refractivity contribution is -0.136. The number of carbonyl (C=O) groups is 3. The summed E-state index contributed by atoms with van der Waals surface area (Å²) < 4.78 is 15.7. The van der Waals surface area contributed by atoms with Crippen molar-refractivity contribution in [3.63, 3.8) is 0 Å². The molecule has 0 aromatic heterocycles. The van der Waals surface area contributed by atoms with Gasteiger partial charge in [-0.15, -0.1) is 0 Å². The molecule has 166 valence electrons.